The number of nitrogens with zero attached hydrogens (tertiary/aromatic N) is 2. The van der Waals surface area contributed by atoms with Gasteiger partial charge in [0.15, 0.2) is 0 Å². The maximum absolute atomic E-state index is 12.7. The van der Waals surface area contributed by atoms with Gasteiger partial charge in [-0.05, 0) is 48.7 Å². The molecule has 0 radical (unpaired) electrons. The highest BCUT2D eigenvalue weighted by molar-refractivity contribution is 9.10. The zero-order chi connectivity index (χ0) is 26.5. The standard InChI is InChI=1S/C21H22BrN5O2.C2HF3O2/c22-16-3-1-13(2-4-16)9-18(23)21(29)27-8-7-14(12-27)20(28)25-17-5-6-19-15(10-17)11-24-26-19;3-2(4,5)1(6)7/h1-6,10-11,14,18H,7-9,12,23H2,(H,24,26)(H,25,28);(H,6,7)/t14?,18-;/m0./s1. The molecule has 2 aromatic carbocycles. The first-order chi connectivity index (χ1) is 16.9. The summed E-state index contributed by atoms with van der Waals surface area (Å²) in [6.45, 7) is 0.943. The summed E-state index contributed by atoms with van der Waals surface area (Å²) in [5.41, 5.74) is 8.79. The molecule has 1 saturated heterocycles. The Kier molecular flexibility index (Phi) is 8.69. The number of fused-ring (bicyclic) bond motifs is 1. The van der Waals surface area contributed by atoms with Crippen LogP contribution in [0.1, 0.15) is 12.0 Å². The second kappa shape index (κ2) is 11.5. The van der Waals surface area contributed by atoms with Crippen molar-refractivity contribution in [2.75, 3.05) is 18.4 Å². The first-order valence-electron chi connectivity index (χ1n) is 10.8. The molecule has 0 aliphatic carbocycles. The lowest BCUT2D eigenvalue weighted by molar-refractivity contribution is -0.192. The summed E-state index contributed by atoms with van der Waals surface area (Å²) in [5, 5.41) is 17.9. The Hall–Kier alpha value is -3.45. The van der Waals surface area contributed by atoms with E-state index < -0.39 is 18.2 Å². The van der Waals surface area contributed by atoms with Crippen LogP contribution < -0.4 is 11.1 Å². The number of halogens is 4. The van der Waals surface area contributed by atoms with E-state index in [0.717, 1.165) is 26.6 Å². The molecule has 2 amide bonds. The van der Waals surface area contributed by atoms with Crippen LogP contribution in [0.25, 0.3) is 10.9 Å². The van der Waals surface area contributed by atoms with E-state index in [2.05, 4.69) is 31.4 Å². The number of alkyl halides is 3. The molecule has 5 N–H and O–H groups in total. The van der Waals surface area contributed by atoms with Gasteiger partial charge in [-0.15, -0.1) is 0 Å². The van der Waals surface area contributed by atoms with Crippen molar-refractivity contribution in [1.82, 2.24) is 15.1 Å². The molecule has 1 fully saturated rings. The number of aliphatic carboxylic acids is 1. The lowest BCUT2D eigenvalue weighted by Gasteiger charge is -2.21. The van der Waals surface area contributed by atoms with Gasteiger partial charge < -0.3 is 21.1 Å². The van der Waals surface area contributed by atoms with Crippen molar-refractivity contribution in [3.05, 3.63) is 58.7 Å². The van der Waals surface area contributed by atoms with Crippen molar-refractivity contribution in [2.24, 2.45) is 11.7 Å². The summed E-state index contributed by atoms with van der Waals surface area (Å²) in [6.07, 6.45) is -2.26. The number of anilines is 1. The average Bonchev–Trinajstić information content (AvgIpc) is 3.49. The Balaban J connectivity index is 0.000000454. The number of aromatic amines is 1. The van der Waals surface area contributed by atoms with Crippen molar-refractivity contribution in [3.8, 4) is 0 Å². The second-order valence-corrected chi connectivity index (χ2v) is 9.09. The fourth-order valence-electron chi connectivity index (χ4n) is 3.64. The minimum absolute atomic E-state index is 0.0791. The number of nitrogens with one attached hydrogen (secondary N) is 2. The zero-order valence-electron chi connectivity index (χ0n) is 18.8. The summed E-state index contributed by atoms with van der Waals surface area (Å²) >= 11 is 3.40. The van der Waals surface area contributed by atoms with E-state index in [-0.39, 0.29) is 17.7 Å². The van der Waals surface area contributed by atoms with Gasteiger partial charge in [0.05, 0.1) is 23.7 Å². The Morgan fingerprint density at radius 3 is 2.53 bits per heavy atom. The van der Waals surface area contributed by atoms with Crippen molar-refractivity contribution in [2.45, 2.75) is 25.1 Å². The van der Waals surface area contributed by atoms with E-state index in [1.54, 1.807) is 11.1 Å². The number of rotatable bonds is 5. The van der Waals surface area contributed by atoms with Crippen LogP contribution in [0.5, 0.6) is 0 Å². The molecular formula is C23H23BrF3N5O4. The van der Waals surface area contributed by atoms with Gasteiger partial charge >= 0.3 is 12.1 Å². The number of hydrogen-bond donors (Lipinski definition) is 4. The van der Waals surface area contributed by atoms with Gasteiger partial charge in [0.25, 0.3) is 0 Å². The molecule has 4 rings (SSSR count). The molecule has 192 valence electrons. The summed E-state index contributed by atoms with van der Waals surface area (Å²) in [7, 11) is 0. The predicted molar refractivity (Wildman–Crippen MR) is 129 cm³/mol. The number of H-pyrrole nitrogens is 1. The third kappa shape index (κ3) is 7.28. The molecular weight excluding hydrogens is 547 g/mol. The number of nitrogens with two attached hydrogens (primary N) is 1. The summed E-state index contributed by atoms with van der Waals surface area (Å²) < 4.78 is 32.7. The molecule has 9 nitrogen and oxygen atoms in total. The first-order valence-corrected chi connectivity index (χ1v) is 11.6. The van der Waals surface area contributed by atoms with Crippen LogP contribution in [0.15, 0.2) is 53.1 Å². The van der Waals surface area contributed by atoms with E-state index in [4.69, 9.17) is 15.6 Å². The normalized spacial score (nSPS) is 16.2. The number of carboxylic acids is 1. The highest BCUT2D eigenvalue weighted by Crippen LogP contribution is 2.22. The van der Waals surface area contributed by atoms with Crippen LogP contribution in [0.4, 0.5) is 18.9 Å². The van der Waals surface area contributed by atoms with E-state index in [9.17, 15) is 22.8 Å². The van der Waals surface area contributed by atoms with Gasteiger partial charge in [-0.1, -0.05) is 28.1 Å². The van der Waals surface area contributed by atoms with E-state index in [0.29, 0.717) is 25.9 Å². The maximum atomic E-state index is 12.7. The fourth-order valence-corrected chi connectivity index (χ4v) is 3.90. The summed E-state index contributed by atoms with van der Waals surface area (Å²) in [6, 6.07) is 12.8. The first kappa shape index (κ1) is 27.1. The molecule has 1 unspecified atom stereocenters. The number of benzene rings is 2. The highest BCUT2D eigenvalue weighted by Gasteiger charge is 2.38. The monoisotopic (exact) mass is 569 g/mol. The van der Waals surface area contributed by atoms with Crippen LogP contribution in [-0.2, 0) is 20.8 Å². The number of carbonyl (C=O) groups excluding carboxylic acids is 2. The Morgan fingerprint density at radius 1 is 1.22 bits per heavy atom. The largest absolute Gasteiger partial charge is 0.490 e. The van der Waals surface area contributed by atoms with E-state index in [1.807, 2.05) is 42.5 Å². The maximum Gasteiger partial charge on any atom is 0.490 e. The third-order valence-corrected chi connectivity index (χ3v) is 6.04. The van der Waals surface area contributed by atoms with Gasteiger partial charge in [-0.25, -0.2) is 4.79 Å². The quantitative estimate of drug-likeness (QED) is 0.371. The smallest absolute Gasteiger partial charge is 0.475 e. The molecule has 0 spiro atoms. The third-order valence-electron chi connectivity index (χ3n) is 5.51. The summed E-state index contributed by atoms with van der Waals surface area (Å²) in [5.74, 6) is -3.18. The molecule has 36 heavy (non-hydrogen) atoms. The molecule has 3 aromatic rings. The second-order valence-electron chi connectivity index (χ2n) is 8.17. The van der Waals surface area contributed by atoms with Crippen LogP contribution >= 0.6 is 15.9 Å². The lowest BCUT2D eigenvalue weighted by atomic mass is 10.1. The molecule has 0 saturated carbocycles. The minimum Gasteiger partial charge on any atom is -0.475 e. The Bertz CT molecular complexity index is 1230. The summed E-state index contributed by atoms with van der Waals surface area (Å²) in [4.78, 5) is 35.9. The SMILES string of the molecule is N[C@@H](Cc1ccc(Br)cc1)C(=O)N1CCC(C(=O)Nc2ccc3[nH]ncc3c2)C1.O=C(O)C(F)(F)F. The van der Waals surface area contributed by atoms with Crippen molar-refractivity contribution in [1.29, 1.82) is 0 Å². The molecule has 1 aliphatic rings. The van der Waals surface area contributed by atoms with E-state index in [1.165, 1.54) is 0 Å². The number of aromatic nitrogens is 2. The Labute approximate surface area is 212 Å². The molecule has 2 heterocycles. The lowest BCUT2D eigenvalue weighted by Crippen LogP contribution is -2.44. The molecule has 13 heteroatoms. The number of likely N-dealkylation sites (tertiary alicyclic amines) is 1. The van der Waals surface area contributed by atoms with Crippen molar-refractivity contribution < 1.29 is 32.7 Å². The number of carboxylic acid groups (broad SMARTS) is 1. The fraction of sp³-hybridized carbons (Fsp3) is 0.304. The van der Waals surface area contributed by atoms with Crippen LogP contribution in [0.3, 0.4) is 0 Å². The zero-order valence-corrected chi connectivity index (χ0v) is 20.3. The van der Waals surface area contributed by atoms with Gasteiger partial charge in [-0.2, -0.15) is 18.3 Å². The van der Waals surface area contributed by atoms with Gasteiger partial charge in [-0.3, -0.25) is 14.7 Å². The molecule has 2 atom stereocenters. The molecule has 1 aromatic heterocycles. The number of carbonyl (C=O) groups is 3. The van der Waals surface area contributed by atoms with Crippen LogP contribution in [-0.4, -0.2) is 63.3 Å². The Morgan fingerprint density at radius 2 is 1.89 bits per heavy atom. The average molecular weight is 570 g/mol. The van der Waals surface area contributed by atoms with Crippen LogP contribution in [0.2, 0.25) is 0 Å². The van der Waals surface area contributed by atoms with Gasteiger partial charge in [0.2, 0.25) is 11.8 Å². The topological polar surface area (TPSA) is 141 Å². The van der Waals surface area contributed by atoms with Crippen molar-refractivity contribution >= 4 is 50.3 Å². The van der Waals surface area contributed by atoms with Gasteiger partial charge in [0, 0.05) is 28.6 Å². The highest BCUT2D eigenvalue weighted by atomic mass is 79.9. The van der Waals surface area contributed by atoms with Crippen molar-refractivity contribution in [3.63, 3.8) is 0 Å². The predicted octanol–water partition coefficient (Wildman–Crippen LogP) is 3.32. The van der Waals surface area contributed by atoms with Crippen LogP contribution in [0, 0.1) is 5.92 Å². The number of amides is 2. The van der Waals surface area contributed by atoms with Gasteiger partial charge in [0.1, 0.15) is 0 Å². The number of hydrogen-bond acceptors (Lipinski definition) is 5. The molecule has 1 aliphatic heterocycles. The minimum atomic E-state index is -5.08. The van der Waals surface area contributed by atoms with E-state index >= 15 is 0 Å². The molecule has 0 bridgehead atoms.